The number of hydrogen-bond acceptors (Lipinski definition) is 3. The van der Waals surface area contributed by atoms with Crippen molar-refractivity contribution in [2.45, 2.75) is 120 Å². The van der Waals surface area contributed by atoms with Crippen LogP contribution in [0, 0.1) is 34.5 Å². The average molecular weight is 448 g/mol. The Morgan fingerprint density at radius 1 is 0.844 bits per heavy atom. The van der Waals surface area contributed by atoms with E-state index >= 15 is 0 Å². The van der Waals surface area contributed by atoms with Crippen molar-refractivity contribution in [2.24, 2.45) is 34.5 Å². The lowest BCUT2D eigenvalue weighted by Crippen LogP contribution is -2.71. The molecule has 3 heterocycles. The van der Waals surface area contributed by atoms with Crippen LogP contribution in [-0.4, -0.2) is 71.1 Å². The lowest BCUT2D eigenvalue weighted by Gasteiger charge is -2.64. The Kier molecular flexibility index (Phi) is 7.58. The quantitative estimate of drug-likeness (QED) is 0.393. The molecule has 0 N–H and O–H groups in total. The third kappa shape index (κ3) is 4.57. The molecule has 0 amide bonds. The highest BCUT2D eigenvalue weighted by Gasteiger charge is 2.55. The molecule has 4 atom stereocenters. The van der Waals surface area contributed by atoms with Gasteiger partial charge in [-0.05, 0) is 88.9 Å². The molecule has 0 saturated carbocycles. The van der Waals surface area contributed by atoms with E-state index in [1.165, 1.54) is 45.6 Å². The van der Waals surface area contributed by atoms with Gasteiger partial charge in [-0.1, -0.05) is 41.5 Å². The number of nitrogens with zero attached hydrogens (tertiary/aromatic N) is 3. The second kappa shape index (κ2) is 9.15. The van der Waals surface area contributed by atoms with Gasteiger partial charge in [-0.15, -0.1) is 0 Å². The fourth-order valence-electron chi connectivity index (χ4n) is 6.75. The Morgan fingerprint density at radius 3 is 1.88 bits per heavy atom. The van der Waals surface area contributed by atoms with E-state index in [9.17, 15) is 0 Å². The molecule has 4 unspecified atom stereocenters. The van der Waals surface area contributed by atoms with Crippen molar-refractivity contribution in [2.75, 3.05) is 32.7 Å². The largest absolute Gasteiger partial charge is 0.300 e. The number of likely N-dealkylation sites (tertiary alicyclic amines) is 3. The lowest BCUT2D eigenvalue weighted by molar-refractivity contribution is -0.155. The molecule has 0 aromatic rings. The Hall–Kier alpha value is -0.120. The van der Waals surface area contributed by atoms with Crippen molar-refractivity contribution in [3.8, 4) is 0 Å². The van der Waals surface area contributed by atoms with Crippen molar-refractivity contribution in [1.29, 1.82) is 0 Å². The monoisotopic (exact) mass is 447 g/mol. The van der Waals surface area contributed by atoms with Gasteiger partial charge in [-0.3, -0.25) is 9.80 Å². The Balaban J connectivity index is 1.46. The topological polar surface area (TPSA) is 9.72 Å². The van der Waals surface area contributed by atoms with Gasteiger partial charge in [-0.25, -0.2) is 0 Å². The summed E-state index contributed by atoms with van der Waals surface area (Å²) in [7, 11) is 0. The summed E-state index contributed by atoms with van der Waals surface area (Å²) < 4.78 is 0. The van der Waals surface area contributed by atoms with Crippen molar-refractivity contribution in [3.63, 3.8) is 0 Å². The number of hydrogen-bond donors (Lipinski definition) is 0. The van der Waals surface area contributed by atoms with E-state index in [0.717, 1.165) is 29.7 Å². The predicted octanol–water partition coefficient (Wildman–Crippen LogP) is 6.23. The van der Waals surface area contributed by atoms with E-state index in [1.54, 1.807) is 0 Å². The Labute approximate surface area is 201 Å². The van der Waals surface area contributed by atoms with Crippen LogP contribution in [0.5, 0.6) is 0 Å². The van der Waals surface area contributed by atoms with E-state index in [1.807, 2.05) is 0 Å². The number of rotatable bonds is 10. The molecule has 0 aromatic carbocycles. The maximum Gasteiger partial charge on any atom is 0.0210 e. The molecular formula is C29H57N3. The lowest BCUT2D eigenvalue weighted by atomic mass is 9.60. The van der Waals surface area contributed by atoms with Gasteiger partial charge in [0.25, 0.3) is 0 Å². The molecule has 3 fully saturated rings. The Morgan fingerprint density at radius 2 is 1.41 bits per heavy atom. The van der Waals surface area contributed by atoms with Crippen molar-refractivity contribution < 1.29 is 0 Å². The molecule has 0 aromatic heterocycles. The first-order valence-corrected chi connectivity index (χ1v) is 13.9. The molecule has 3 aliphatic rings. The zero-order chi connectivity index (χ0) is 24.2. The van der Waals surface area contributed by atoms with Crippen LogP contribution in [-0.2, 0) is 0 Å². The molecular weight excluding hydrogens is 390 g/mol. The van der Waals surface area contributed by atoms with E-state index in [2.05, 4.69) is 97.8 Å². The summed E-state index contributed by atoms with van der Waals surface area (Å²) in [5.41, 5.74) is 1.15. The molecule has 0 bridgehead atoms. The highest BCUT2D eigenvalue weighted by Crippen LogP contribution is 2.50. The van der Waals surface area contributed by atoms with Crippen LogP contribution in [0.3, 0.4) is 0 Å². The van der Waals surface area contributed by atoms with Gasteiger partial charge >= 0.3 is 0 Å². The maximum absolute atomic E-state index is 2.85. The van der Waals surface area contributed by atoms with Crippen LogP contribution in [0.2, 0.25) is 0 Å². The summed E-state index contributed by atoms with van der Waals surface area (Å²) in [5.74, 6) is 3.31. The molecule has 3 nitrogen and oxygen atoms in total. The fraction of sp³-hybridized carbons (Fsp3) is 1.00. The van der Waals surface area contributed by atoms with E-state index in [0.29, 0.717) is 22.9 Å². The highest BCUT2D eigenvalue weighted by atomic mass is 15.3. The first-order valence-electron chi connectivity index (χ1n) is 13.9. The summed E-state index contributed by atoms with van der Waals surface area (Å²) in [6, 6.07) is 2.15. The summed E-state index contributed by atoms with van der Waals surface area (Å²) in [5, 5.41) is 0. The molecule has 0 radical (unpaired) electrons. The van der Waals surface area contributed by atoms with Gasteiger partial charge in [0.1, 0.15) is 0 Å². The predicted molar refractivity (Wildman–Crippen MR) is 140 cm³/mol. The maximum atomic E-state index is 2.85. The third-order valence-corrected chi connectivity index (χ3v) is 11.4. The zero-order valence-corrected chi connectivity index (χ0v) is 23.8. The summed E-state index contributed by atoms with van der Waals surface area (Å²) >= 11 is 0. The van der Waals surface area contributed by atoms with Crippen molar-refractivity contribution in [3.05, 3.63) is 0 Å². The second-order valence-electron chi connectivity index (χ2n) is 14.2. The normalized spacial score (nSPS) is 30.2. The van der Waals surface area contributed by atoms with Crippen molar-refractivity contribution >= 4 is 0 Å². The minimum Gasteiger partial charge on any atom is -0.300 e. The average Bonchev–Trinajstić information content (AvgIpc) is 2.59. The SMILES string of the molecule is CC(CCC(C)N1CC(C)(C(C)C)C1)C1CN(C(C)(C)C(C)(C)C2CN(C(C)C)C2)C1C. The molecule has 32 heavy (non-hydrogen) atoms. The minimum absolute atomic E-state index is 0.253. The first kappa shape index (κ1) is 26.5. The van der Waals surface area contributed by atoms with Crippen LogP contribution in [0.25, 0.3) is 0 Å². The standard InChI is InChI=1S/C29H57N3/c1-20(2)29(12)18-31(19-29)23(6)14-13-22(5)26-17-32(24(26)7)28(10,11)27(8,9)25-15-30(16-25)21(3)4/h20-26H,13-19H2,1-12H3. The van der Waals surface area contributed by atoms with Crippen LogP contribution >= 0.6 is 0 Å². The van der Waals surface area contributed by atoms with Gasteiger partial charge in [0.05, 0.1) is 0 Å². The van der Waals surface area contributed by atoms with Gasteiger partial charge < -0.3 is 4.90 Å². The van der Waals surface area contributed by atoms with Crippen LogP contribution < -0.4 is 0 Å². The van der Waals surface area contributed by atoms with Crippen LogP contribution in [0.1, 0.15) is 95.9 Å². The van der Waals surface area contributed by atoms with E-state index < -0.39 is 0 Å². The van der Waals surface area contributed by atoms with Crippen LogP contribution in [0.15, 0.2) is 0 Å². The van der Waals surface area contributed by atoms with E-state index in [-0.39, 0.29) is 5.54 Å². The van der Waals surface area contributed by atoms with Crippen LogP contribution in [0.4, 0.5) is 0 Å². The van der Waals surface area contributed by atoms with Gasteiger partial charge in [-0.2, -0.15) is 0 Å². The molecule has 188 valence electrons. The molecule has 3 aliphatic heterocycles. The van der Waals surface area contributed by atoms with Gasteiger partial charge in [0, 0.05) is 56.4 Å². The third-order valence-electron chi connectivity index (χ3n) is 11.4. The van der Waals surface area contributed by atoms with Crippen molar-refractivity contribution in [1.82, 2.24) is 14.7 Å². The smallest absolute Gasteiger partial charge is 0.0210 e. The minimum atomic E-state index is 0.253. The second-order valence-corrected chi connectivity index (χ2v) is 14.2. The van der Waals surface area contributed by atoms with Gasteiger partial charge in [0.15, 0.2) is 0 Å². The molecule has 3 rings (SSSR count). The van der Waals surface area contributed by atoms with Gasteiger partial charge in [0.2, 0.25) is 0 Å². The molecule has 0 aliphatic carbocycles. The highest BCUT2D eigenvalue weighted by molar-refractivity contribution is 5.09. The Bertz CT molecular complexity index is 624. The summed E-state index contributed by atoms with van der Waals surface area (Å²) in [6.07, 6.45) is 2.75. The fourth-order valence-corrected chi connectivity index (χ4v) is 6.75. The zero-order valence-electron chi connectivity index (χ0n) is 23.8. The summed E-state index contributed by atoms with van der Waals surface area (Å²) in [4.78, 5) is 8.21. The summed E-state index contributed by atoms with van der Waals surface area (Å²) in [6.45, 7) is 36.0. The molecule has 3 saturated heterocycles. The molecule has 0 spiro atoms. The first-order chi connectivity index (χ1) is 14.6. The molecule has 3 heteroatoms. The van der Waals surface area contributed by atoms with E-state index in [4.69, 9.17) is 0 Å².